The Morgan fingerprint density at radius 1 is 1.22 bits per heavy atom. The third-order valence-corrected chi connectivity index (χ3v) is 4.62. The fourth-order valence-corrected chi connectivity index (χ4v) is 2.93. The van der Waals surface area contributed by atoms with Crippen LogP contribution < -0.4 is 22.3 Å². The van der Waals surface area contributed by atoms with Crippen LogP contribution in [0, 0.1) is 0 Å². The molecule has 144 valence electrons. The third kappa shape index (κ3) is 3.61. The molecule has 1 atom stereocenters. The number of hydrogen-bond acceptors (Lipinski definition) is 6. The number of hydrogen-bond donors (Lipinski definition) is 3. The second-order valence-corrected chi connectivity index (χ2v) is 6.73. The number of anilines is 1. The average Bonchev–Trinajstić information content (AvgIpc) is 3.02. The van der Waals surface area contributed by atoms with Crippen molar-refractivity contribution in [1.82, 2.24) is 18.7 Å². The smallest absolute Gasteiger partial charge is 0.332 e. The summed E-state index contributed by atoms with van der Waals surface area (Å²) in [6.45, 7) is 0.585. The Bertz CT molecular complexity index is 1080. The molecule has 2 heterocycles. The van der Waals surface area contributed by atoms with E-state index >= 15 is 0 Å². The first kappa shape index (κ1) is 19.2. The highest BCUT2D eigenvalue weighted by molar-refractivity contribution is 6.30. The predicted octanol–water partition coefficient (Wildman–Crippen LogP) is -0.133. The van der Waals surface area contributed by atoms with Crippen LogP contribution >= 0.6 is 11.6 Å². The van der Waals surface area contributed by atoms with Crippen molar-refractivity contribution in [3.05, 3.63) is 55.7 Å². The van der Waals surface area contributed by atoms with E-state index in [0.29, 0.717) is 23.0 Å². The number of fused-ring (bicyclic) bond motifs is 1. The van der Waals surface area contributed by atoms with Gasteiger partial charge >= 0.3 is 5.69 Å². The molecule has 0 spiro atoms. The summed E-state index contributed by atoms with van der Waals surface area (Å²) >= 11 is 5.94. The van der Waals surface area contributed by atoms with Gasteiger partial charge in [0.15, 0.2) is 11.2 Å². The molecule has 0 fully saturated rings. The number of imidazole rings is 1. The van der Waals surface area contributed by atoms with Gasteiger partial charge in [-0.15, -0.1) is 0 Å². The summed E-state index contributed by atoms with van der Waals surface area (Å²) in [5.41, 5.74) is 6.00. The Balaban J connectivity index is 2.18. The molecule has 4 N–H and O–H groups in total. The number of benzene rings is 1. The van der Waals surface area contributed by atoms with E-state index in [9.17, 15) is 14.7 Å². The van der Waals surface area contributed by atoms with E-state index in [1.165, 1.54) is 11.6 Å². The summed E-state index contributed by atoms with van der Waals surface area (Å²) in [5, 5.41) is 13.4. The van der Waals surface area contributed by atoms with Gasteiger partial charge in [0.05, 0.1) is 12.6 Å². The zero-order valence-electron chi connectivity index (χ0n) is 15.0. The Morgan fingerprint density at radius 2 is 1.89 bits per heavy atom. The molecule has 0 saturated heterocycles. The second kappa shape index (κ2) is 7.55. The van der Waals surface area contributed by atoms with Crippen LogP contribution in [0.15, 0.2) is 33.9 Å². The Morgan fingerprint density at radius 3 is 2.52 bits per heavy atom. The number of aliphatic hydroxyl groups excluding tert-OH is 1. The van der Waals surface area contributed by atoms with Crippen molar-refractivity contribution in [1.29, 1.82) is 0 Å². The van der Waals surface area contributed by atoms with Crippen molar-refractivity contribution in [2.45, 2.75) is 12.6 Å². The highest BCUT2D eigenvalue weighted by Crippen LogP contribution is 2.19. The van der Waals surface area contributed by atoms with Crippen molar-refractivity contribution >= 4 is 28.7 Å². The van der Waals surface area contributed by atoms with Gasteiger partial charge in [-0.05, 0) is 17.7 Å². The summed E-state index contributed by atoms with van der Waals surface area (Å²) in [7, 11) is 2.98. The van der Waals surface area contributed by atoms with Gasteiger partial charge in [-0.3, -0.25) is 18.5 Å². The van der Waals surface area contributed by atoms with E-state index in [1.807, 2.05) is 12.1 Å². The van der Waals surface area contributed by atoms with Crippen LogP contribution in [0.25, 0.3) is 11.2 Å². The second-order valence-electron chi connectivity index (χ2n) is 6.30. The lowest BCUT2D eigenvalue weighted by Crippen LogP contribution is -2.37. The Kier molecular flexibility index (Phi) is 5.36. The van der Waals surface area contributed by atoms with Crippen molar-refractivity contribution in [2.75, 3.05) is 18.4 Å². The number of aromatic nitrogens is 4. The number of nitrogens with one attached hydrogen (secondary N) is 1. The predicted molar refractivity (Wildman–Crippen MR) is 104 cm³/mol. The zero-order chi connectivity index (χ0) is 19.7. The molecule has 0 aliphatic carbocycles. The minimum absolute atomic E-state index is 0.0880. The van der Waals surface area contributed by atoms with E-state index in [1.54, 1.807) is 23.7 Å². The van der Waals surface area contributed by atoms with E-state index in [-0.39, 0.29) is 18.7 Å². The van der Waals surface area contributed by atoms with Crippen LogP contribution in [-0.2, 0) is 20.6 Å². The number of nitrogens with zero attached hydrogens (tertiary/aromatic N) is 4. The standard InChI is InChI=1S/C17H21ClN6O3/c1-22-14-13(15(26)23(2)17(22)27)24(9-10-3-5-11(18)6-4-10)16(21-14)20-8-12(25)7-19/h3-6,12,25H,7-9,19H2,1-2H3,(H,20,21). The summed E-state index contributed by atoms with van der Waals surface area (Å²) in [5.74, 6) is 0.366. The minimum atomic E-state index is -0.763. The van der Waals surface area contributed by atoms with Crippen LogP contribution in [0.3, 0.4) is 0 Å². The normalized spacial score (nSPS) is 12.5. The third-order valence-electron chi connectivity index (χ3n) is 4.37. The van der Waals surface area contributed by atoms with Crippen molar-refractivity contribution in [3.63, 3.8) is 0 Å². The molecule has 0 aliphatic rings. The highest BCUT2D eigenvalue weighted by atomic mass is 35.5. The maximum atomic E-state index is 12.7. The van der Waals surface area contributed by atoms with Gasteiger partial charge in [0.1, 0.15) is 0 Å². The molecule has 27 heavy (non-hydrogen) atoms. The summed E-state index contributed by atoms with van der Waals surface area (Å²) in [4.78, 5) is 29.4. The van der Waals surface area contributed by atoms with Crippen LogP contribution in [0.5, 0.6) is 0 Å². The summed E-state index contributed by atoms with van der Waals surface area (Å²) in [6, 6.07) is 7.21. The lowest BCUT2D eigenvalue weighted by Gasteiger charge is -2.13. The molecular weight excluding hydrogens is 372 g/mol. The van der Waals surface area contributed by atoms with Crippen molar-refractivity contribution in [2.24, 2.45) is 19.8 Å². The lowest BCUT2D eigenvalue weighted by molar-refractivity contribution is 0.195. The molecule has 0 bridgehead atoms. The van der Waals surface area contributed by atoms with Gasteiger partial charge in [-0.25, -0.2) is 4.79 Å². The van der Waals surface area contributed by atoms with Crippen LogP contribution in [0.2, 0.25) is 5.02 Å². The minimum Gasteiger partial charge on any atom is -0.390 e. The molecule has 1 unspecified atom stereocenters. The van der Waals surface area contributed by atoms with E-state index in [0.717, 1.165) is 10.1 Å². The maximum Gasteiger partial charge on any atom is 0.332 e. The molecule has 3 rings (SSSR count). The Labute approximate surface area is 159 Å². The maximum absolute atomic E-state index is 12.7. The monoisotopic (exact) mass is 392 g/mol. The molecule has 9 nitrogen and oxygen atoms in total. The highest BCUT2D eigenvalue weighted by Gasteiger charge is 2.19. The number of halogens is 1. The molecule has 10 heteroatoms. The average molecular weight is 393 g/mol. The fourth-order valence-electron chi connectivity index (χ4n) is 2.80. The van der Waals surface area contributed by atoms with E-state index in [4.69, 9.17) is 17.3 Å². The molecule has 0 saturated carbocycles. The van der Waals surface area contributed by atoms with Crippen LogP contribution in [-0.4, -0.2) is 43.0 Å². The topological polar surface area (TPSA) is 120 Å². The first-order valence-corrected chi connectivity index (χ1v) is 8.74. The largest absolute Gasteiger partial charge is 0.390 e. The van der Waals surface area contributed by atoms with Crippen molar-refractivity contribution in [3.8, 4) is 0 Å². The number of nitrogens with two attached hydrogens (primary N) is 1. The van der Waals surface area contributed by atoms with Gasteiger partial charge in [-0.1, -0.05) is 23.7 Å². The molecule has 3 aromatic rings. The molecular formula is C17H21ClN6O3. The molecule has 1 aromatic carbocycles. The first-order valence-electron chi connectivity index (χ1n) is 8.36. The fraction of sp³-hybridized carbons (Fsp3) is 0.353. The number of rotatable bonds is 6. The van der Waals surface area contributed by atoms with Gasteiger partial charge in [0, 0.05) is 32.2 Å². The van der Waals surface area contributed by atoms with Gasteiger partial charge in [0.25, 0.3) is 5.56 Å². The lowest BCUT2D eigenvalue weighted by atomic mass is 10.2. The van der Waals surface area contributed by atoms with Gasteiger partial charge in [-0.2, -0.15) is 4.98 Å². The molecule has 2 aromatic heterocycles. The SMILES string of the molecule is Cn1c(=O)c2c(nc(NCC(O)CN)n2Cc2ccc(Cl)cc2)n(C)c1=O. The first-order chi connectivity index (χ1) is 12.8. The molecule has 0 radical (unpaired) electrons. The quantitative estimate of drug-likeness (QED) is 0.537. The Hall–Kier alpha value is -2.62. The van der Waals surface area contributed by atoms with E-state index < -0.39 is 17.4 Å². The summed E-state index contributed by atoms with van der Waals surface area (Å²) in [6.07, 6.45) is -0.763. The van der Waals surface area contributed by atoms with Crippen molar-refractivity contribution < 1.29 is 5.11 Å². The van der Waals surface area contributed by atoms with Crippen LogP contribution in [0.4, 0.5) is 5.95 Å². The number of aliphatic hydroxyl groups is 1. The van der Waals surface area contributed by atoms with Gasteiger partial charge < -0.3 is 16.2 Å². The van der Waals surface area contributed by atoms with Crippen LogP contribution in [0.1, 0.15) is 5.56 Å². The molecule has 0 amide bonds. The summed E-state index contributed by atoms with van der Waals surface area (Å²) < 4.78 is 4.05. The van der Waals surface area contributed by atoms with Gasteiger partial charge in [0.2, 0.25) is 5.95 Å². The number of aryl methyl sites for hydroxylation is 1. The van der Waals surface area contributed by atoms with E-state index in [2.05, 4.69) is 10.3 Å². The zero-order valence-corrected chi connectivity index (χ0v) is 15.8. The molecule has 0 aliphatic heterocycles.